The minimum atomic E-state index is -1.58. The molecule has 0 aromatic carbocycles. The van der Waals surface area contributed by atoms with Crippen molar-refractivity contribution in [2.75, 3.05) is 6.61 Å². The molecule has 0 N–H and O–H groups in total. The van der Waals surface area contributed by atoms with Gasteiger partial charge in [-0.25, -0.2) is 4.78 Å². The van der Waals surface area contributed by atoms with Gasteiger partial charge in [-0.1, -0.05) is 51.1 Å². The van der Waals surface area contributed by atoms with Crippen molar-refractivity contribution in [1.82, 2.24) is 0 Å². The van der Waals surface area contributed by atoms with E-state index in [0.29, 0.717) is 11.6 Å². The van der Waals surface area contributed by atoms with Gasteiger partial charge in [-0.3, -0.25) is 0 Å². The highest BCUT2D eigenvalue weighted by Crippen LogP contribution is 2.36. The maximum atomic E-state index is 6.02. The first-order valence-electron chi connectivity index (χ1n) is 6.37. The van der Waals surface area contributed by atoms with Crippen molar-refractivity contribution in [3.8, 4) is 10.7 Å². The van der Waals surface area contributed by atoms with E-state index in [2.05, 4.69) is 58.4 Å². The van der Waals surface area contributed by atoms with E-state index < -0.39 is 22.5 Å². The normalized spacial score (nSPS) is 11.9. The summed E-state index contributed by atoms with van der Waals surface area (Å²) in [5, 5.41) is 2.86. The molecule has 0 atom stereocenters. The summed E-state index contributed by atoms with van der Waals surface area (Å²) in [4.78, 5) is 3.43. The highest BCUT2D eigenvalue weighted by Gasteiger charge is 2.36. The van der Waals surface area contributed by atoms with E-state index in [1.807, 2.05) is 0 Å². The molecule has 0 aliphatic heterocycles. The van der Waals surface area contributed by atoms with Crippen molar-refractivity contribution in [3.63, 3.8) is 0 Å². The summed E-state index contributed by atoms with van der Waals surface area (Å²) in [6, 6.07) is 0. The fourth-order valence-corrected chi connectivity index (χ4v) is 3.34. The minimum Gasteiger partial charge on any atom is -0.406 e. The third-order valence-corrected chi connectivity index (χ3v) is 10.7. The standard InChI is InChI=1S/C9H17OSi.2C2H5.Al/c1-7-8-10-11(5,6)9(2,3)4;2*1-2;/h8H2,2-6H3;2*1H2,2H3;. The maximum Gasteiger partial charge on any atom is 0.375 e. The monoisotopic (exact) mass is 254 g/mol. The molecule has 0 aliphatic carbocycles. The molecule has 0 aromatic heterocycles. The van der Waals surface area contributed by atoms with Gasteiger partial charge in [0.1, 0.15) is 0 Å². The van der Waals surface area contributed by atoms with E-state index >= 15 is 0 Å². The van der Waals surface area contributed by atoms with Gasteiger partial charge in [0.2, 0.25) is 0 Å². The number of rotatable bonds is 4. The van der Waals surface area contributed by atoms with Crippen LogP contribution < -0.4 is 0 Å². The smallest absolute Gasteiger partial charge is 0.375 e. The Bertz CT molecular complexity index is 253. The molecule has 0 saturated carbocycles. The zero-order valence-corrected chi connectivity index (χ0v) is 14.3. The van der Waals surface area contributed by atoms with Gasteiger partial charge in [-0.05, 0) is 18.1 Å². The first-order chi connectivity index (χ1) is 7.24. The highest BCUT2D eigenvalue weighted by atomic mass is 28.4. The van der Waals surface area contributed by atoms with Crippen molar-refractivity contribution in [2.24, 2.45) is 0 Å². The first-order valence-corrected chi connectivity index (χ1v) is 11.5. The summed E-state index contributed by atoms with van der Waals surface area (Å²) in [6.45, 7) is 16.5. The summed E-state index contributed by atoms with van der Waals surface area (Å²) in [7, 11) is -1.58. The van der Waals surface area contributed by atoms with Crippen LogP contribution in [0.25, 0.3) is 0 Å². The van der Waals surface area contributed by atoms with E-state index in [9.17, 15) is 0 Å². The third kappa shape index (κ3) is 5.55. The van der Waals surface area contributed by atoms with Crippen LogP contribution in [0.3, 0.4) is 0 Å². The molecular formula is C13H27AlOSi. The zero-order chi connectivity index (χ0) is 12.8. The second-order valence-corrected chi connectivity index (χ2v) is 14.0. The molecule has 0 unspecified atom stereocenters. The Balaban J connectivity index is 4.17. The molecular weight excluding hydrogens is 227 g/mol. The van der Waals surface area contributed by atoms with E-state index in [1.165, 1.54) is 10.6 Å². The molecule has 0 aliphatic rings. The number of hydrogen-bond acceptors (Lipinski definition) is 1. The van der Waals surface area contributed by atoms with Gasteiger partial charge >= 0.3 is 14.1 Å². The van der Waals surface area contributed by atoms with Gasteiger partial charge in [0, 0.05) is 0 Å². The Hall–Kier alpha value is 0.269. The van der Waals surface area contributed by atoms with Crippen LogP contribution in [0, 0.1) is 10.7 Å². The summed E-state index contributed by atoms with van der Waals surface area (Å²) in [6.07, 6.45) is 0. The van der Waals surface area contributed by atoms with Gasteiger partial charge in [0.15, 0.2) is 8.32 Å². The molecule has 0 radical (unpaired) electrons. The van der Waals surface area contributed by atoms with Crippen molar-refractivity contribution in [1.29, 1.82) is 0 Å². The summed E-state index contributed by atoms with van der Waals surface area (Å²) >= 11 is -0.745. The molecule has 0 aromatic rings. The first kappa shape index (κ1) is 16.3. The lowest BCUT2D eigenvalue weighted by Gasteiger charge is -2.35. The van der Waals surface area contributed by atoms with Crippen LogP contribution in [0.4, 0.5) is 0 Å². The molecule has 16 heavy (non-hydrogen) atoms. The van der Waals surface area contributed by atoms with Crippen LogP contribution in [0.5, 0.6) is 0 Å². The van der Waals surface area contributed by atoms with Crippen molar-refractivity contribution < 1.29 is 4.43 Å². The summed E-state index contributed by atoms with van der Waals surface area (Å²) in [5.41, 5.74) is 0. The zero-order valence-electron chi connectivity index (χ0n) is 12.1. The van der Waals surface area contributed by atoms with Crippen molar-refractivity contribution in [2.45, 2.75) is 63.3 Å². The molecule has 1 nitrogen and oxygen atoms in total. The van der Waals surface area contributed by atoms with Crippen LogP contribution in [0.1, 0.15) is 34.6 Å². The topological polar surface area (TPSA) is 9.23 Å². The fraction of sp³-hybridized carbons (Fsp3) is 0.846. The molecule has 0 heterocycles. The summed E-state index contributed by atoms with van der Waals surface area (Å²) in [5.74, 6) is 3.24. The lowest BCUT2D eigenvalue weighted by molar-refractivity contribution is 0.334. The van der Waals surface area contributed by atoms with Gasteiger partial charge in [0.05, 0.1) is 6.61 Å². The average molecular weight is 254 g/mol. The Morgan fingerprint density at radius 2 is 1.62 bits per heavy atom. The molecule has 92 valence electrons. The predicted molar refractivity (Wildman–Crippen MR) is 77.6 cm³/mol. The van der Waals surface area contributed by atoms with Gasteiger partial charge < -0.3 is 4.43 Å². The molecule has 0 amide bonds. The van der Waals surface area contributed by atoms with Gasteiger partial charge in [0.25, 0.3) is 0 Å². The third-order valence-electron chi connectivity index (χ3n) is 3.60. The number of hydrogen-bond donors (Lipinski definition) is 0. The van der Waals surface area contributed by atoms with Crippen LogP contribution in [0.2, 0.25) is 28.7 Å². The van der Waals surface area contributed by atoms with E-state index in [0.717, 1.165) is 0 Å². The van der Waals surface area contributed by atoms with Gasteiger partial charge in [-0.2, -0.15) is 0 Å². The molecule has 0 rings (SSSR count). The Kier molecular flexibility index (Phi) is 6.99. The molecule has 0 fully saturated rings. The van der Waals surface area contributed by atoms with Crippen LogP contribution in [-0.2, 0) is 4.43 Å². The van der Waals surface area contributed by atoms with Crippen molar-refractivity contribution in [3.05, 3.63) is 0 Å². The second kappa shape index (κ2) is 6.87. The average Bonchev–Trinajstić information content (AvgIpc) is 2.16. The van der Waals surface area contributed by atoms with Crippen molar-refractivity contribution >= 4 is 22.5 Å². The molecule has 0 bridgehead atoms. The SMILES string of the molecule is C[CH2][Al]([C]#CCO[Si](C)(C)C(C)(C)C)[CH2]C. The quantitative estimate of drug-likeness (QED) is 0.542. The Morgan fingerprint density at radius 1 is 1.12 bits per heavy atom. The van der Waals surface area contributed by atoms with E-state index in [1.54, 1.807) is 0 Å². The Labute approximate surface area is 107 Å². The largest absolute Gasteiger partial charge is 0.406 e. The lowest BCUT2D eigenvalue weighted by atomic mass is 10.2. The molecule has 0 spiro atoms. The van der Waals surface area contributed by atoms with Gasteiger partial charge in [-0.15, -0.1) is 0 Å². The predicted octanol–water partition coefficient (Wildman–Crippen LogP) is 4.09. The van der Waals surface area contributed by atoms with E-state index in [4.69, 9.17) is 4.43 Å². The molecule has 0 saturated heterocycles. The highest BCUT2D eigenvalue weighted by molar-refractivity contribution is 6.74. The van der Waals surface area contributed by atoms with E-state index in [-0.39, 0.29) is 0 Å². The van der Waals surface area contributed by atoms with Crippen LogP contribution in [-0.4, -0.2) is 29.1 Å². The maximum absolute atomic E-state index is 6.02. The lowest BCUT2D eigenvalue weighted by Crippen LogP contribution is -2.40. The second-order valence-electron chi connectivity index (χ2n) is 5.88. The molecule has 3 heteroatoms. The van der Waals surface area contributed by atoms with Crippen LogP contribution in [0.15, 0.2) is 0 Å². The summed E-state index contributed by atoms with van der Waals surface area (Å²) < 4.78 is 6.02. The fourth-order valence-electron chi connectivity index (χ4n) is 1.11. The minimum absolute atomic E-state index is 0.293. The Morgan fingerprint density at radius 3 is 2.00 bits per heavy atom. The van der Waals surface area contributed by atoms with Crippen LogP contribution >= 0.6 is 0 Å².